The van der Waals surface area contributed by atoms with Crippen LogP contribution in [0.5, 0.6) is 0 Å². The maximum absolute atomic E-state index is 12.3. The van der Waals surface area contributed by atoms with Crippen molar-refractivity contribution in [3.05, 3.63) is 33.2 Å². The van der Waals surface area contributed by atoms with E-state index >= 15 is 0 Å². The highest BCUT2D eigenvalue weighted by atomic mass is 19.3. The van der Waals surface area contributed by atoms with Gasteiger partial charge >= 0.3 is 5.97 Å². The third-order valence-electron chi connectivity index (χ3n) is 1.65. The zero-order valence-corrected chi connectivity index (χ0v) is 7.12. The summed E-state index contributed by atoms with van der Waals surface area (Å²) in [6.07, 6.45) is -3.02. The van der Waals surface area contributed by atoms with Gasteiger partial charge in [-0.25, -0.2) is 13.6 Å². The second-order valence-corrected chi connectivity index (χ2v) is 2.56. The Morgan fingerprint density at radius 3 is 2.60 bits per heavy atom. The number of H-pyrrole nitrogens is 1. The number of pyridine rings is 1. The number of rotatable bonds is 2. The van der Waals surface area contributed by atoms with Gasteiger partial charge in [0.2, 0.25) is 0 Å². The van der Waals surface area contributed by atoms with E-state index in [4.69, 9.17) is 10.4 Å². The van der Waals surface area contributed by atoms with E-state index in [9.17, 15) is 18.4 Å². The van der Waals surface area contributed by atoms with Crippen molar-refractivity contribution < 1.29 is 18.7 Å². The van der Waals surface area contributed by atoms with E-state index < -0.39 is 34.8 Å². The van der Waals surface area contributed by atoms with Gasteiger partial charge in [-0.2, -0.15) is 5.26 Å². The number of hydrogen-bond acceptors (Lipinski definition) is 3. The largest absolute Gasteiger partial charge is 0.477 e. The predicted molar refractivity (Wildman–Crippen MR) is 43.7 cm³/mol. The fourth-order valence-corrected chi connectivity index (χ4v) is 0.970. The highest BCUT2D eigenvalue weighted by molar-refractivity contribution is 5.87. The number of nitrogens with zero attached hydrogens (tertiary/aromatic N) is 1. The number of aromatic nitrogens is 1. The predicted octanol–water partition coefficient (Wildman–Crippen LogP) is 0.882. The molecule has 0 aliphatic rings. The molecule has 0 saturated heterocycles. The Labute approximate surface area is 81.6 Å². The molecule has 0 bridgehead atoms. The minimum Gasteiger partial charge on any atom is -0.477 e. The van der Waals surface area contributed by atoms with Crippen LogP contribution in [0.25, 0.3) is 0 Å². The van der Waals surface area contributed by atoms with Crippen molar-refractivity contribution in [3.8, 4) is 6.07 Å². The van der Waals surface area contributed by atoms with Crippen LogP contribution in [0.3, 0.4) is 0 Å². The van der Waals surface area contributed by atoms with Crippen molar-refractivity contribution in [3.63, 3.8) is 0 Å². The molecule has 0 amide bonds. The number of carboxylic acid groups (broad SMARTS) is 1. The van der Waals surface area contributed by atoms with Crippen molar-refractivity contribution in [2.75, 3.05) is 0 Å². The van der Waals surface area contributed by atoms with E-state index in [0.717, 1.165) is 0 Å². The van der Waals surface area contributed by atoms with Crippen molar-refractivity contribution in [2.24, 2.45) is 0 Å². The smallest absolute Gasteiger partial charge is 0.341 e. The van der Waals surface area contributed by atoms with Crippen LogP contribution in [0.4, 0.5) is 8.78 Å². The fraction of sp³-hybridized carbons (Fsp3) is 0.125. The summed E-state index contributed by atoms with van der Waals surface area (Å²) in [5, 5.41) is 16.9. The summed E-state index contributed by atoms with van der Waals surface area (Å²) in [5.41, 5.74) is -3.32. The molecule has 0 spiro atoms. The van der Waals surface area contributed by atoms with Crippen molar-refractivity contribution >= 4 is 5.97 Å². The molecule has 0 unspecified atom stereocenters. The number of hydrogen-bond donors (Lipinski definition) is 2. The number of carbonyl (C=O) groups is 1. The Balaban J connectivity index is 3.53. The lowest BCUT2D eigenvalue weighted by molar-refractivity contribution is 0.0694. The summed E-state index contributed by atoms with van der Waals surface area (Å²) in [6, 6.07) is 1.86. The van der Waals surface area contributed by atoms with Gasteiger partial charge in [-0.05, 0) is 6.07 Å². The number of alkyl halides is 2. The summed E-state index contributed by atoms with van der Waals surface area (Å²) in [7, 11) is 0. The Bertz CT molecular complexity index is 502. The number of carboxylic acids is 1. The molecular formula is C8H4F2N2O3. The molecule has 5 nitrogen and oxygen atoms in total. The van der Waals surface area contributed by atoms with Gasteiger partial charge in [0.25, 0.3) is 12.0 Å². The fourth-order valence-electron chi connectivity index (χ4n) is 0.970. The van der Waals surface area contributed by atoms with E-state index in [1.54, 1.807) is 4.98 Å². The van der Waals surface area contributed by atoms with Crippen molar-refractivity contribution in [1.29, 1.82) is 5.26 Å². The van der Waals surface area contributed by atoms with Gasteiger partial charge in [0.05, 0.1) is 5.56 Å². The van der Waals surface area contributed by atoms with Crippen LogP contribution >= 0.6 is 0 Å². The maximum Gasteiger partial charge on any atom is 0.341 e. The molecule has 1 aromatic heterocycles. The molecule has 2 N–H and O–H groups in total. The molecule has 1 rings (SSSR count). The second kappa shape index (κ2) is 3.88. The van der Waals surface area contributed by atoms with E-state index in [2.05, 4.69) is 0 Å². The highest BCUT2D eigenvalue weighted by Gasteiger charge is 2.19. The molecule has 78 valence electrons. The Kier molecular flexibility index (Phi) is 2.80. The quantitative estimate of drug-likeness (QED) is 0.764. The summed E-state index contributed by atoms with van der Waals surface area (Å²) in [5.74, 6) is -1.62. The van der Waals surface area contributed by atoms with Crippen LogP contribution in [0.15, 0.2) is 10.9 Å². The molecule has 1 aromatic rings. The third kappa shape index (κ3) is 1.99. The lowest BCUT2D eigenvalue weighted by Crippen LogP contribution is -2.19. The third-order valence-corrected chi connectivity index (χ3v) is 1.65. The SMILES string of the molecule is N#Cc1[nH]c(=O)c(C(=O)O)cc1C(F)F. The molecule has 7 heteroatoms. The van der Waals surface area contributed by atoms with Crippen LogP contribution in [0, 0.1) is 11.3 Å². The lowest BCUT2D eigenvalue weighted by atomic mass is 10.1. The lowest BCUT2D eigenvalue weighted by Gasteiger charge is -2.02. The van der Waals surface area contributed by atoms with Crippen LogP contribution in [-0.4, -0.2) is 16.1 Å². The first kappa shape index (κ1) is 10.8. The maximum atomic E-state index is 12.3. The van der Waals surface area contributed by atoms with E-state index in [-0.39, 0.29) is 0 Å². The van der Waals surface area contributed by atoms with Gasteiger partial charge in [0.15, 0.2) is 0 Å². The number of halogens is 2. The van der Waals surface area contributed by atoms with Crippen LogP contribution in [0.1, 0.15) is 28.0 Å². The van der Waals surface area contributed by atoms with Crippen LogP contribution in [-0.2, 0) is 0 Å². The standard InChI is InChI=1S/C8H4F2N2O3/c9-6(10)3-1-4(8(14)15)7(13)12-5(3)2-11/h1,6H,(H,12,13)(H,14,15). The molecular weight excluding hydrogens is 210 g/mol. The zero-order chi connectivity index (χ0) is 11.6. The van der Waals surface area contributed by atoms with Crippen LogP contribution < -0.4 is 5.56 Å². The number of aromatic carboxylic acids is 1. The summed E-state index contributed by atoms with van der Waals surface area (Å²) < 4.78 is 24.6. The number of nitriles is 1. The summed E-state index contributed by atoms with van der Waals surface area (Å²) in [4.78, 5) is 23.2. The van der Waals surface area contributed by atoms with Gasteiger partial charge in [0, 0.05) is 0 Å². The zero-order valence-electron chi connectivity index (χ0n) is 7.12. The Hall–Kier alpha value is -2.23. The van der Waals surface area contributed by atoms with E-state index in [0.29, 0.717) is 6.07 Å². The molecule has 0 radical (unpaired) electrons. The highest BCUT2D eigenvalue weighted by Crippen LogP contribution is 2.20. The first-order valence-electron chi connectivity index (χ1n) is 3.66. The first-order chi connectivity index (χ1) is 6.97. The van der Waals surface area contributed by atoms with E-state index in [1.807, 2.05) is 0 Å². The van der Waals surface area contributed by atoms with Crippen LogP contribution in [0.2, 0.25) is 0 Å². The van der Waals surface area contributed by atoms with Gasteiger partial charge in [-0.3, -0.25) is 4.79 Å². The number of nitrogens with one attached hydrogen (secondary N) is 1. The average molecular weight is 214 g/mol. The summed E-state index contributed by atoms with van der Waals surface area (Å²) >= 11 is 0. The molecule has 0 saturated carbocycles. The summed E-state index contributed by atoms with van der Waals surface area (Å²) in [6.45, 7) is 0. The average Bonchev–Trinajstić information content (AvgIpc) is 2.16. The van der Waals surface area contributed by atoms with Gasteiger partial charge in [0.1, 0.15) is 17.3 Å². The first-order valence-corrected chi connectivity index (χ1v) is 3.66. The molecule has 0 atom stereocenters. The molecule has 15 heavy (non-hydrogen) atoms. The van der Waals surface area contributed by atoms with Crippen molar-refractivity contribution in [2.45, 2.75) is 6.43 Å². The molecule has 0 aliphatic heterocycles. The van der Waals surface area contributed by atoms with Gasteiger partial charge < -0.3 is 10.1 Å². The van der Waals surface area contributed by atoms with Gasteiger partial charge in [-0.1, -0.05) is 0 Å². The van der Waals surface area contributed by atoms with E-state index in [1.165, 1.54) is 6.07 Å². The minimum atomic E-state index is -3.02. The second-order valence-electron chi connectivity index (χ2n) is 2.56. The Morgan fingerprint density at radius 1 is 1.60 bits per heavy atom. The normalized spacial score (nSPS) is 10.0. The number of aromatic amines is 1. The minimum absolute atomic E-state index is 0.504. The van der Waals surface area contributed by atoms with Gasteiger partial charge in [-0.15, -0.1) is 0 Å². The topological polar surface area (TPSA) is 94.0 Å². The molecule has 0 aliphatic carbocycles. The monoisotopic (exact) mass is 214 g/mol. The van der Waals surface area contributed by atoms with Crippen molar-refractivity contribution in [1.82, 2.24) is 4.98 Å². The molecule has 0 fully saturated rings. The Morgan fingerprint density at radius 2 is 2.20 bits per heavy atom. The molecule has 1 heterocycles. The molecule has 0 aromatic carbocycles.